The van der Waals surface area contributed by atoms with Crippen molar-refractivity contribution in [3.05, 3.63) is 29.3 Å². The number of amides is 2. The van der Waals surface area contributed by atoms with Crippen LogP contribution in [0.2, 0.25) is 0 Å². The lowest BCUT2D eigenvalue weighted by Crippen LogP contribution is -2.36. The second-order valence-electron chi connectivity index (χ2n) is 4.82. The molecule has 1 atom stereocenters. The fourth-order valence-corrected chi connectivity index (χ4v) is 2.81. The monoisotopic (exact) mass is 278 g/mol. The highest BCUT2D eigenvalue weighted by Gasteiger charge is 2.21. The van der Waals surface area contributed by atoms with Crippen LogP contribution >= 0.6 is 11.8 Å². The molecule has 1 aliphatic heterocycles. The lowest BCUT2D eigenvalue weighted by Gasteiger charge is -2.24. The van der Waals surface area contributed by atoms with E-state index in [4.69, 9.17) is 0 Å². The number of nitrogens with zero attached hydrogens (tertiary/aromatic N) is 1. The number of anilines is 1. The quantitative estimate of drug-likeness (QED) is 0.916. The van der Waals surface area contributed by atoms with E-state index >= 15 is 0 Å². The van der Waals surface area contributed by atoms with Crippen molar-refractivity contribution in [3.8, 4) is 0 Å². The van der Waals surface area contributed by atoms with Crippen LogP contribution in [0.1, 0.15) is 22.8 Å². The summed E-state index contributed by atoms with van der Waals surface area (Å²) in [6.07, 6.45) is 2.43. The van der Waals surface area contributed by atoms with Crippen LogP contribution in [0.4, 0.5) is 5.69 Å². The van der Waals surface area contributed by atoms with Crippen molar-refractivity contribution in [3.63, 3.8) is 0 Å². The van der Waals surface area contributed by atoms with Gasteiger partial charge in [0.25, 0.3) is 5.91 Å². The Balaban J connectivity index is 2.16. The molecule has 1 heterocycles. The summed E-state index contributed by atoms with van der Waals surface area (Å²) in [7, 11) is 1.81. The molecular formula is C14H18N2O2S. The number of nitrogens with one attached hydrogen (secondary N) is 1. The Bertz CT molecular complexity index is 516. The molecule has 0 saturated carbocycles. The highest BCUT2D eigenvalue weighted by Crippen LogP contribution is 2.24. The zero-order valence-corrected chi connectivity index (χ0v) is 12.2. The average molecular weight is 278 g/mol. The third-order valence-electron chi connectivity index (χ3n) is 3.37. The lowest BCUT2D eigenvalue weighted by atomic mass is 10.1. The first kappa shape index (κ1) is 13.9. The molecule has 1 N–H and O–H groups in total. The molecule has 0 radical (unpaired) electrons. The van der Waals surface area contributed by atoms with Crippen LogP contribution < -0.4 is 5.32 Å². The predicted octanol–water partition coefficient (Wildman–Crippen LogP) is 2.00. The molecule has 1 aliphatic rings. The van der Waals surface area contributed by atoms with Gasteiger partial charge in [0.2, 0.25) is 5.91 Å². The topological polar surface area (TPSA) is 49.4 Å². The van der Waals surface area contributed by atoms with Gasteiger partial charge in [-0.1, -0.05) is 6.07 Å². The minimum atomic E-state index is -0.0105. The molecule has 0 spiro atoms. The first-order chi connectivity index (χ1) is 9.02. The first-order valence-electron chi connectivity index (χ1n) is 6.21. The minimum Gasteiger partial charge on any atom is -0.338 e. The van der Waals surface area contributed by atoms with Crippen molar-refractivity contribution in [2.75, 3.05) is 24.4 Å². The Labute approximate surface area is 117 Å². The lowest BCUT2D eigenvalue weighted by molar-refractivity contribution is -0.115. The second-order valence-corrected chi connectivity index (χ2v) is 5.73. The third-order valence-corrected chi connectivity index (χ3v) is 4.19. The summed E-state index contributed by atoms with van der Waals surface area (Å²) in [6, 6.07) is 5.60. The zero-order chi connectivity index (χ0) is 14.0. The minimum absolute atomic E-state index is 0.00880. The number of thioether (sulfide) groups is 1. The summed E-state index contributed by atoms with van der Waals surface area (Å²) >= 11 is 1.72. The maximum atomic E-state index is 12.3. The van der Waals surface area contributed by atoms with E-state index in [2.05, 4.69) is 5.32 Å². The summed E-state index contributed by atoms with van der Waals surface area (Å²) in [6.45, 7) is 2.03. The van der Waals surface area contributed by atoms with Crippen LogP contribution in [0, 0.1) is 0 Å². The Morgan fingerprint density at radius 2 is 2.26 bits per heavy atom. The van der Waals surface area contributed by atoms with Gasteiger partial charge in [0, 0.05) is 30.1 Å². The fourth-order valence-electron chi connectivity index (χ4n) is 2.10. The third kappa shape index (κ3) is 2.92. The van der Waals surface area contributed by atoms with Crippen molar-refractivity contribution in [1.82, 2.24) is 4.90 Å². The molecule has 19 heavy (non-hydrogen) atoms. The van der Waals surface area contributed by atoms with Crippen molar-refractivity contribution >= 4 is 29.3 Å². The van der Waals surface area contributed by atoms with Crippen molar-refractivity contribution in [1.29, 1.82) is 0 Å². The van der Waals surface area contributed by atoms with E-state index in [0.29, 0.717) is 12.0 Å². The Morgan fingerprint density at radius 1 is 1.53 bits per heavy atom. The number of fused-ring (bicyclic) bond motifs is 1. The fraction of sp³-hybridized carbons (Fsp3) is 0.429. The summed E-state index contributed by atoms with van der Waals surface area (Å²) < 4.78 is 0. The maximum absolute atomic E-state index is 12.3. The highest BCUT2D eigenvalue weighted by molar-refractivity contribution is 7.98. The molecule has 1 aromatic rings. The van der Waals surface area contributed by atoms with Crippen LogP contribution in [0.15, 0.2) is 18.2 Å². The molecule has 0 bridgehead atoms. The van der Waals surface area contributed by atoms with Gasteiger partial charge in [0.05, 0.1) is 6.42 Å². The molecule has 2 rings (SSSR count). The van der Waals surface area contributed by atoms with Gasteiger partial charge in [0.1, 0.15) is 0 Å². The average Bonchev–Trinajstić information content (AvgIpc) is 2.76. The zero-order valence-electron chi connectivity index (χ0n) is 11.4. The number of carbonyl (C=O) groups excluding carboxylic acids is 2. The maximum Gasteiger partial charge on any atom is 0.253 e. The number of hydrogen-bond donors (Lipinski definition) is 1. The van der Waals surface area contributed by atoms with Gasteiger partial charge in [-0.05, 0) is 30.9 Å². The SMILES string of the molecule is CSCC(C)N(C)C(=O)c1ccc2c(c1)NC(=O)C2. The van der Waals surface area contributed by atoms with Crippen LogP contribution in [0.3, 0.4) is 0 Å². The Hall–Kier alpha value is -1.49. The van der Waals surface area contributed by atoms with E-state index in [1.165, 1.54) is 0 Å². The molecule has 0 aromatic heterocycles. The van der Waals surface area contributed by atoms with E-state index in [9.17, 15) is 9.59 Å². The van der Waals surface area contributed by atoms with E-state index in [-0.39, 0.29) is 17.9 Å². The van der Waals surface area contributed by atoms with Crippen LogP contribution in [-0.4, -0.2) is 41.8 Å². The molecule has 1 aromatic carbocycles. The van der Waals surface area contributed by atoms with Crippen LogP contribution in [0.25, 0.3) is 0 Å². The van der Waals surface area contributed by atoms with Gasteiger partial charge >= 0.3 is 0 Å². The van der Waals surface area contributed by atoms with Gasteiger partial charge in [-0.3, -0.25) is 9.59 Å². The smallest absolute Gasteiger partial charge is 0.253 e. The van der Waals surface area contributed by atoms with Gasteiger partial charge < -0.3 is 10.2 Å². The molecular weight excluding hydrogens is 260 g/mol. The van der Waals surface area contributed by atoms with E-state index in [1.54, 1.807) is 28.8 Å². The van der Waals surface area contributed by atoms with Gasteiger partial charge in [-0.15, -0.1) is 0 Å². The normalized spacial score (nSPS) is 14.8. The number of benzene rings is 1. The van der Waals surface area contributed by atoms with Crippen molar-refractivity contribution in [2.24, 2.45) is 0 Å². The molecule has 0 fully saturated rings. The largest absolute Gasteiger partial charge is 0.338 e. The molecule has 0 saturated heterocycles. The summed E-state index contributed by atoms with van der Waals surface area (Å²) in [5.41, 5.74) is 2.35. The Kier molecular flexibility index (Phi) is 4.14. The summed E-state index contributed by atoms with van der Waals surface area (Å²) in [5, 5.41) is 2.77. The first-order valence-corrected chi connectivity index (χ1v) is 7.61. The Morgan fingerprint density at radius 3 is 2.95 bits per heavy atom. The number of carbonyl (C=O) groups is 2. The van der Waals surface area contributed by atoms with Crippen LogP contribution in [0.5, 0.6) is 0 Å². The number of hydrogen-bond acceptors (Lipinski definition) is 3. The summed E-state index contributed by atoms with van der Waals surface area (Å²) in [5.74, 6) is 0.887. The molecule has 102 valence electrons. The second kappa shape index (κ2) is 5.65. The molecule has 5 heteroatoms. The van der Waals surface area contributed by atoms with Gasteiger partial charge in [0.15, 0.2) is 0 Å². The molecule has 1 unspecified atom stereocenters. The van der Waals surface area contributed by atoms with E-state index in [1.807, 2.05) is 26.3 Å². The van der Waals surface area contributed by atoms with Crippen LogP contribution in [-0.2, 0) is 11.2 Å². The van der Waals surface area contributed by atoms with Crippen molar-refractivity contribution in [2.45, 2.75) is 19.4 Å². The van der Waals surface area contributed by atoms with Gasteiger partial charge in [-0.2, -0.15) is 11.8 Å². The summed E-state index contributed by atoms with van der Waals surface area (Å²) in [4.78, 5) is 25.4. The highest BCUT2D eigenvalue weighted by atomic mass is 32.2. The molecule has 4 nitrogen and oxygen atoms in total. The predicted molar refractivity (Wildman–Crippen MR) is 78.7 cm³/mol. The standard InChI is InChI=1S/C14H18N2O2S/c1-9(8-19-3)16(2)14(18)11-5-4-10-7-13(17)15-12(10)6-11/h4-6,9H,7-8H2,1-3H3,(H,15,17). The molecule has 0 aliphatic carbocycles. The van der Waals surface area contributed by atoms with E-state index in [0.717, 1.165) is 17.0 Å². The van der Waals surface area contributed by atoms with E-state index < -0.39 is 0 Å². The number of rotatable bonds is 4. The molecule has 2 amide bonds. The van der Waals surface area contributed by atoms with Crippen molar-refractivity contribution < 1.29 is 9.59 Å². The van der Waals surface area contributed by atoms with Gasteiger partial charge in [-0.25, -0.2) is 0 Å².